The Morgan fingerprint density at radius 1 is 1.64 bits per heavy atom. The number of halogens is 1. The van der Waals surface area contributed by atoms with Crippen molar-refractivity contribution in [2.45, 2.75) is 13.0 Å². The van der Waals surface area contributed by atoms with Gasteiger partial charge in [0.15, 0.2) is 0 Å². The molecule has 1 aromatic carbocycles. The van der Waals surface area contributed by atoms with Gasteiger partial charge in [-0.25, -0.2) is 0 Å². The lowest BCUT2D eigenvalue weighted by Crippen LogP contribution is -2.30. The number of amides is 1. The number of rotatable bonds is 4. The zero-order chi connectivity index (χ0) is 10.6. The third kappa shape index (κ3) is 3.36. The summed E-state index contributed by atoms with van der Waals surface area (Å²) in [5.41, 5.74) is 6.06. The zero-order valence-corrected chi connectivity index (χ0v) is 8.71. The minimum Gasteiger partial charge on any atom is -0.369 e. The molecule has 0 aromatic heterocycles. The van der Waals surface area contributed by atoms with Crippen molar-refractivity contribution in [3.63, 3.8) is 0 Å². The number of nitrogens with one attached hydrogen (secondary N) is 1. The lowest BCUT2D eigenvalue weighted by molar-refractivity contribution is -0.117. The van der Waals surface area contributed by atoms with E-state index in [1.165, 1.54) is 0 Å². The molecule has 0 heterocycles. The highest BCUT2D eigenvalue weighted by atomic mass is 35.5. The smallest absolute Gasteiger partial charge is 0.231 e. The average Bonchev–Trinajstić information content (AvgIpc) is 2.14. The van der Waals surface area contributed by atoms with Crippen LogP contribution >= 0.6 is 11.6 Å². The summed E-state index contributed by atoms with van der Waals surface area (Å²) in [4.78, 5) is 10.5. The summed E-state index contributed by atoms with van der Waals surface area (Å²) >= 11 is 5.83. The van der Waals surface area contributed by atoms with Gasteiger partial charge in [-0.15, -0.1) is 0 Å². The van der Waals surface area contributed by atoms with E-state index < -0.39 is 0 Å². The lowest BCUT2D eigenvalue weighted by atomic mass is 10.1. The van der Waals surface area contributed by atoms with Gasteiger partial charge in [0, 0.05) is 11.1 Å². The molecule has 1 atom stereocenters. The van der Waals surface area contributed by atoms with Gasteiger partial charge in [0.25, 0.3) is 0 Å². The molecule has 1 amide bonds. The Morgan fingerprint density at radius 2 is 2.36 bits per heavy atom. The van der Waals surface area contributed by atoms with Crippen molar-refractivity contribution in [3.05, 3.63) is 34.9 Å². The van der Waals surface area contributed by atoms with Crippen LogP contribution in [0.3, 0.4) is 0 Å². The maximum absolute atomic E-state index is 10.5. The summed E-state index contributed by atoms with van der Waals surface area (Å²) in [6.07, 6.45) is 0. The summed E-state index contributed by atoms with van der Waals surface area (Å²) in [6, 6.07) is 7.57. The molecule has 0 saturated carbocycles. The predicted octanol–water partition coefficient (Wildman–Crippen LogP) is 1.48. The minimum atomic E-state index is -0.362. The zero-order valence-electron chi connectivity index (χ0n) is 7.96. The standard InChI is InChI=1S/C10H13ClN2O/c1-7(13-6-10(12)14)8-3-2-4-9(11)5-8/h2-5,7,13H,6H2,1H3,(H2,12,14)/t7-/m1/s1. The molecule has 0 spiro atoms. The van der Waals surface area contributed by atoms with Crippen molar-refractivity contribution in [1.82, 2.24) is 5.32 Å². The Hall–Kier alpha value is -1.06. The molecule has 3 N–H and O–H groups in total. The van der Waals surface area contributed by atoms with E-state index in [1.807, 2.05) is 31.2 Å². The highest BCUT2D eigenvalue weighted by Crippen LogP contribution is 2.16. The summed E-state index contributed by atoms with van der Waals surface area (Å²) in [6.45, 7) is 2.13. The molecular formula is C10H13ClN2O. The maximum Gasteiger partial charge on any atom is 0.231 e. The second-order valence-electron chi connectivity index (χ2n) is 3.12. The second kappa shape index (κ2) is 4.98. The molecule has 1 aromatic rings. The van der Waals surface area contributed by atoms with Crippen LogP contribution in [0.15, 0.2) is 24.3 Å². The molecule has 0 fully saturated rings. The number of benzene rings is 1. The van der Waals surface area contributed by atoms with Crippen molar-refractivity contribution < 1.29 is 4.79 Å². The third-order valence-electron chi connectivity index (χ3n) is 1.93. The van der Waals surface area contributed by atoms with Crippen LogP contribution in [0.25, 0.3) is 0 Å². The molecule has 76 valence electrons. The second-order valence-corrected chi connectivity index (χ2v) is 3.56. The van der Waals surface area contributed by atoms with E-state index in [4.69, 9.17) is 17.3 Å². The van der Waals surface area contributed by atoms with Crippen molar-refractivity contribution in [2.75, 3.05) is 6.54 Å². The van der Waals surface area contributed by atoms with Crippen LogP contribution in [0, 0.1) is 0 Å². The fraction of sp³-hybridized carbons (Fsp3) is 0.300. The van der Waals surface area contributed by atoms with Crippen molar-refractivity contribution in [1.29, 1.82) is 0 Å². The molecular weight excluding hydrogens is 200 g/mol. The first-order chi connectivity index (χ1) is 6.59. The molecule has 0 aliphatic heterocycles. The molecule has 14 heavy (non-hydrogen) atoms. The molecule has 4 heteroatoms. The monoisotopic (exact) mass is 212 g/mol. The van der Waals surface area contributed by atoms with E-state index in [2.05, 4.69) is 5.32 Å². The minimum absolute atomic E-state index is 0.0706. The maximum atomic E-state index is 10.5. The number of carbonyl (C=O) groups is 1. The van der Waals surface area contributed by atoms with E-state index in [1.54, 1.807) is 0 Å². The molecule has 0 saturated heterocycles. The third-order valence-corrected chi connectivity index (χ3v) is 2.17. The fourth-order valence-electron chi connectivity index (χ4n) is 1.15. The van der Waals surface area contributed by atoms with Gasteiger partial charge >= 0.3 is 0 Å². The summed E-state index contributed by atoms with van der Waals surface area (Å²) in [5, 5.41) is 3.68. The molecule has 0 unspecified atom stereocenters. The largest absolute Gasteiger partial charge is 0.369 e. The quantitative estimate of drug-likeness (QED) is 0.795. The molecule has 3 nitrogen and oxygen atoms in total. The topological polar surface area (TPSA) is 55.1 Å². The molecule has 0 aliphatic rings. The normalized spacial score (nSPS) is 12.4. The Balaban J connectivity index is 2.60. The van der Waals surface area contributed by atoms with Crippen LogP contribution < -0.4 is 11.1 Å². The van der Waals surface area contributed by atoms with Crippen molar-refractivity contribution in [2.24, 2.45) is 5.73 Å². The lowest BCUT2D eigenvalue weighted by Gasteiger charge is -2.12. The number of hydrogen-bond donors (Lipinski definition) is 2. The highest BCUT2D eigenvalue weighted by molar-refractivity contribution is 6.30. The highest BCUT2D eigenvalue weighted by Gasteiger charge is 2.05. The van der Waals surface area contributed by atoms with E-state index in [0.29, 0.717) is 5.02 Å². The Labute approximate surface area is 88.2 Å². The van der Waals surface area contributed by atoms with E-state index in [-0.39, 0.29) is 18.5 Å². The van der Waals surface area contributed by atoms with E-state index in [0.717, 1.165) is 5.56 Å². The molecule has 0 radical (unpaired) electrons. The first-order valence-corrected chi connectivity index (χ1v) is 4.74. The van der Waals surface area contributed by atoms with Gasteiger partial charge in [-0.1, -0.05) is 23.7 Å². The Bertz CT molecular complexity index is 328. The number of primary amides is 1. The van der Waals surface area contributed by atoms with Gasteiger partial charge in [0.2, 0.25) is 5.91 Å². The van der Waals surface area contributed by atoms with Crippen molar-refractivity contribution >= 4 is 17.5 Å². The van der Waals surface area contributed by atoms with Crippen LogP contribution in [0.4, 0.5) is 0 Å². The Kier molecular flexibility index (Phi) is 3.92. The SMILES string of the molecule is C[C@@H](NCC(N)=O)c1cccc(Cl)c1. The van der Waals surface area contributed by atoms with Gasteiger partial charge in [-0.05, 0) is 24.6 Å². The first-order valence-electron chi connectivity index (χ1n) is 4.36. The van der Waals surface area contributed by atoms with Crippen molar-refractivity contribution in [3.8, 4) is 0 Å². The summed E-state index contributed by atoms with van der Waals surface area (Å²) < 4.78 is 0. The summed E-state index contributed by atoms with van der Waals surface area (Å²) in [5.74, 6) is -0.362. The van der Waals surface area contributed by atoms with Gasteiger partial charge in [0.1, 0.15) is 0 Å². The van der Waals surface area contributed by atoms with Crippen LogP contribution in [0.5, 0.6) is 0 Å². The van der Waals surface area contributed by atoms with Gasteiger partial charge in [-0.3, -0.25) is 4.79 Å². The van der Waals surface area contributed by atoms with Gasteiger partial charge in [0.05, 0.1) is 6.54 Å². The average molecular weight is 213 g/mol. The number of hydrogen-bond acceptors (Lipinski definition) is 2. The molecule has 0 bridgehead atoms. The first kappa shape index (κ1) is 11.0. The number of carbonyl (C=O) groups excluding carboxylic acids is 1. The Morgan fingerprint density at radius 3 is 2.93 bits per heavy atom. The van der Waals surface area contributed by atoms with E-state index in [9.17, 15) is 4.79 Å². The van der Waals surface area contributed by atoms with Crippen LogP contribution in [-0.4, -0.2) is 12.5 Å². The van der Waals surface area contributed by atoms with Crippen LogP contribution in [0.2, 0.25) is 5.02 Å². The van der Waals surface area contributed by atoms with Gasteiger partial charge < -0.3 is 11.1 Å². The molecule has 1 rings (SSSR count). The fourth-order valence-corrected chi connectivity index (χ4v) is 1.35. The number of nitrogens with two attached hydrogens (primary N) is 1. The summed E-state index contributed by atoms with van der Waals surface area (Å²) in [7, 11) is 0. The van der Waals surface area contributed by atoms with Crippen LogP contribution in [-0.2, 0) is 4.79 Å². The van der Waals surface area contributed by atoms with Crippen LogP contribution in [0.1, 0.15) is 18.5 Å². The molecule has 0 aliphatic carbocycles. The van der Waals surface area contributed by atoms with E-state index >= 15 is 0 Å². The predicted molar refractivity (Wildman–Crippen MR) is 57.1 cm³/mol. The van der Waals surface area contributed by atoms with Gasteiger partial charge in [-0.2, -0.15) is 0 Å².